The summed E-state index contributed by atoms with van der Waals surface area (Å²) >= 11 is 0. The molecule has 0 atom stereocenters. The van der Waals surface area contributed by atoms with E-state index in [1.165, 1.54) is 6.20 Å². The van der Waals surface area contributed by atoms with Crippen LogP contribution in [0.5, 0.6) is 0 Å². The highest BCUT2D eigenvalue weighted by atomic mass is 15.2. The van der Waals surface area contributed by atoms with E-state index in [-0.39, 0.29) is 0 Å². The van der Waals surface area contributed by atoms with E-state index in [9.17, 15) is 0 Å². The molecule has 0 amide bonds. The molecule has 68 valence electrons. The van der Waals surface area contributed by atoms with Gasteiger partial charge in [-0.1, -0.05) is 27.7 Å². The third-order valence-corrected chi connectivity index (χ3v) is 0.834. The molecule has 0 N–H and O–H groups in total. The molecule has 0 saturated carbocycles. The maximum atomic E-state index is 8.25. The minimum absolute atomic E-state index is 0.604. The first-order valence-electron chi connectivity index (χ1n) is 4.21. The fourth-order valence-electron chi connectivity index (χ4n) is 0.479. The molecule has 0 fully saturated rings. The highest BCUT2D eigenvalue weighted by Crippen LogP contribution is 1.89. The van der Waals surface area contributed by atoms with E-state index >= 15 is 0 Å². The van der Waals surface area contributed by atoms with Gasteiger partial charge in [-0.3, -0.25) is 4.68 Å². The van der Waals surface area contributed by atoms with Crippen molar-refractivity contribution >= 4 is 0 Å². The van der Waals surface area contributed by atoms with Crippen molar-refractivity contribution in [2.24, 2.45) is 7.05 Å². The number of hydrogen-bond donors (Lipinski definition) is 0. The summed E-state index contributed by atoms with van der Waals surface area (Å²) in [5.74, 6) is 0. The highest BCUT2D eigenvalue weighted by Gasteiger charge is 1.88. The number of aryl methyl sites for hydroxylation is 1. The van der Waals surface area contributed by atoms with Gasteiger partial charge in [-0.15, -0.1) is 0 Å². The fourth-order valence-corrected chi connectivity index (χ4v) is 0.479. The summed E-state index contributed by atoms with van der Waals surface area (Å²) in [6, 6.07) is 1.96. The van der Waals surface area contributed by atoms with Crippen molar-refractivity contribution < 1.29 is 0 Å². The second kappa shape index (κ2) is 9.70. The number of nitrogens with zero attached hydrogens (tertiary/aromatic N) is 3. The molecule has 12 heavy (non-hydrogen) atoms. The van der Waals surface area contributed by atoms with Gasteiger partial charge in [0.25, 0.3) is 0 Å². The van der Waals surface area contributed by atoms with Crippen molar-refractivity contribution in [3.8, 4) is 6.07 Å². The lowest BCUT2D eigenvalue weighted by Crippen LogP contribution is -1.83. The molecule has 0 aliphatic heterocycles. The van der Waals surface area contributed by atoms with Crippen LogP contribution in [0, 0.1) is 11.3 Å². The Labute approximate surface area is 74.6 Å². The van der Waals surface area contributed by atoms with Crippen molar-refractivity contribution in [1.29, 1.82) is 5.26 Å². The predicted octanol–water partition coefficient (Wildman–Crippen LogP) is 2.34. The Balaban J connectivity index is 0. The van der Waals surface area contributed by atoms with Gasteiger partial charge in [0.1, 0.15) is 6.07 Å². The van der Waals surface area contributed by atoms with Gasteiger partial charge in [-0.25, -0.2) is 0 Å². The third-order valence-electron chi connectivity index (χ3n) is 0.834. The summed E-state index contributed by atoms with van der Waals surface area (Å²) in [4.78, 5) is 0. The van der Waals surface area contributed by atoms with Crippen molar-refractivity contribution in [1.82, 2.24) is 9.78 Å². The van der Waals surface area contributed by atoms with E-state index < -0.39 is 0 Å². The molecule has 1 heterocycles. The SMILES string of the molecule is CC.CC.Cn1cc(C#N)cn1. The van der Waals surface area contributed by atoms with Gasteiger partial charge in [-0.2, -0.15) is 10.4 Å². The van der Waals surface area contributed by atoms with Crippen LogP contribution in [-0.2, 0) is 7.05 Å². The lowest BCUT2D eigenvalue weighted by molar-refractivity contribution is 0.767. The van der Waals surface area contributed by atoms with Gasteiger partial charge < -0.3 is 0 Å². The lowest BCUT2D eigenvalue weighted by Gasteiger charge is -1.77. The fraction of sp³-hybridized carbons (Fsp3) is 0.556. The Morgan fingerprint density at radius 2 is 1.83 bits per heavy atom. The summed E-state index contributed by atoms with van der Waals surface area (Å²) in [5, 5.41) is 12.0. The summed E-state index contributed by atoms with van der Waals surface area (Å²) in [5.41, 5.74) is 0.604. The average molecular weight is 167 g/mol. The number of hydrogen-bond acceptors (Lipinski definition) is 2. The van der Waals surface area contributed by atoms with Gasteiger partial charge in [0.15, 0.2) is 0 Å². The molecular formula is C9H17N3. The molecule has 0 unspecified atom stereocenters. The zero-order chi connectivity index (χ0) is 9.98. The molecule has 0 saturated heterocycles. The van der Waals surface area contributed by atoms with Gasteiger partial charge >= 0.3 is 0 Å². The van der Waals surface area contributed by atoms with E-state index in [1.807, 2.05) is 33.8 Å². The van der Waals surface area contributed by atoms with Crippen molar-refractivity contribution in [3.05, 3.63) is 18.0 Å². The zero-order valence-electron chi connectivity index (χ0n) is 8.50. The molecule has 0 spiro atoms. The second-order valence-corrected chi connectivity index (χ2v) is 1.51. The third kappa shape index (κ3) is 5.48. The van der Waals surface area contributed by atoms with Crippen LogP contribution < -0.4 is 0 Å². The summed E-state index contributed by atoms with van der Waals surface area (Å²) in [7, 11) is 1.78. The Bertz CT molecular complexity index is 220. The maximum absolute atomic E-state index is 8.25. The number of nitriles is 1. The lowest BCUT2D eigenvalue weighted by atomic mass is 10.4. The first-order chi connectivity index (χ1) is 5.83. The highest BCUT2D eigenvalue weighted by molar-refractivity contribution is 5.21. The standard InChI is InChI=1S/C5H5N3.2C2H6/c1-8-4-5(2-6)3-7-8;2*1-2/h3-4H,1H3;2*1-2H3. The molecule has 1 aromatic rings. The maximum Gasteiger partial charge on any atom is 0.102 e. The van der Waals surface area contributed by atoms with Gasteiger partial charge in [0, 0.05) is 13.2 Å². The zero-order valence-corrected chi connectivity index (χ0v) is 8.50. The van der Waals surface area contributed by atoms with E-state index in [0.717, 1.165) is 0 Å². The van der Waals surface area contributed by atoms with Crippen LogP contribution in [-0.4, -0.2) is 9.78 Å². The molecule has 1 aromatic heterocycles. The van der Waals surface area contributed by atoms with Gasteiger partial charge in [0.05, 0.1) is 11.8 Å². The normalized spacial score (nSPS) is 6.67. The van der Waals surface area contributed by atoms with Crippen molar-refractivity contribution in [3.63, 3.8) is 0 Å². The topological polar surface area (TPSA) is 41.6 Å². The monoisotopic (exact) mass is 167 g/mol. The van der Waals surface area contributed by atoms with Crippen molar-refractivity contribution in [2.75, 3.05) is 0 Å². The Kier molecular flexibility index (Phi) is 10.8. The quantitative estimate of drug-likeness (QED) is 0.595. The van der Waals surface area contributed by atoms with E-state index in [0.29, 0.717) is 5.56 Å². The molecular weight excluding hydrogens is 150 g/mol. The number of rotatable bonds is 0. The van der Waals surface area contributed by atoms with Gasteiger partial charge in [-0.05, 0) is 0 Å². The van der Waals surface area contributed by atoms with Crippen LogP contribution >= 0.6 is 0 Å². The van der Waals surface area contributed by atoms with E-state index in [4.69, 9.17) is 5.26 Å². The summed E-state index contributed by atoms with van der Waals surface area (Å²) < 4.78 is 1.60. The molecule has 0 radical (unpaired) electrons. The molecule has 1 rings (SSSR count). The molecule has 0 aliphatic rings. The first kappa shape index (κ1) is 13.3. The van der Waals surface area contributed by atoms with Crippen molar-refractivity contribution in [2.45, 2.75) is 27.7 Å². The Hall–Kier alpha value is -1.30. The second-order valence-electron chi connectivity index (χ2n) is 1.51. The summed E-state index contributed by atoms with van der Waals surface area (Å²) in [6.07, 6.45) is 3.19. The van der Waals surface area contributed by atoms with E-state index in [1.54, 1.807) is 17.9 Å². The molecule has 3 nitrogen and oxygen atoms in total. The summed E-state index contributed by atoms with van der Waals surface area (Å²) in [6.45, 7) is 8.00. The smallest absolute Gasteiger partial charge is 0.102 e. The number of aromatic nitrogens is 2. The van der Waals surface area contributed by atoms with Gasteiger partial charge in [0.2, 0.25) is 0 Å². The average Bonchev–Trinajstić information content (AvgIpc) is 2.58. The van der Waals surface area contributed by atoms with Crippen LogP contribution in [0.15, 0.2) is 12.4 Å². The molecule has 0 aromatic carbocycles. The Morgan fingerprint density at radius 3 is 2.00 bits per heavy atom. The van der Waals surface area contributed by atoms with E-state index in [2.05, 4.69) is 5.10 Å². The van der Waals surface area contributed by atoms with Crippen LogP contribution in [0.2, 0.25) is 0 Å². The van der Waals surface area contributed by atoms with Crippen LogP contribution in [0.25, 0.3) is 0 Å². The Morgan fingerprint density at radius 1 is 1.33 bits per heavy atom. The largest absolute Gasteiger partial charge is 0.274 e. The first-order valence-corrected chi connectivity index (χ1v) is 4.21. The van der Waals surface area contributed by atoms with Crippen LogP contribution in [0.3, 0.4) is 0 Å². The van der Waals surface area contributed by atoms with Crippen LogP contribution in [0.1, 0.15) is 33.3 Å². The minimum atomic E-state index is 0.604. The minimum Gasteiger partial charge on any atom is -0.274 e. The van der Waals surface area contributed by atoms with Crippen LogP contribution in [0.4, 0.5) is 0 Å². The molecule has 0 bridgehead atoms. The molecule has 0 aliphatic carbocycles. The predicted molar refractivity (Wildman–Crippen MR) is 50.6 cm³/mol. The molecule has 3 heteroatoms.